The van der Waals surface area contributed by atoms with Crippen LogP contribution in [0.15, 0.2) is 24.3 Å². The van der Waals surface area contributed by atoms with Crippen molar-refractivity contribution in [1.82, 2.24) is 5.32 Å². The second-order valence-electron chi connectivity index (χ2n) is 14.7. The van der Waals surface area contributed by atoms with E-state index in [2.05, 4.69) is 43.5 Å². The van der Waals surface area contributed by atoms with Crippen molar-refractivity contribution >= 4 is 5.91 Å². The van der Waals surface area contributed by atoms with Gasteiger partial charge in [-0.05, 0) is 44.9 Å². The Hall–Kier alpha value is -1.21. The molecule has 0 aliphatic rings. The molecular weight excluding hydrogens is 610 g/mol. The molecule has 5 N–H and O–H groups in total. The lowest BCUT2D eigenvalue weighted by Crippen LogP contribution is -2.53. The van der Waals surface area contributed by atoms with E-state index in [4.69, 9.17) is 0 Å². The van der Waals surface area contributed by atoms with Crippen molar-refractivity contribution in [1.29, 1.82) is 0 Å². The predicted octanol–water partition coefficient (Wildman–Crippen LogP) is 10.8. The van der Waals surface area contributed by atoms with Gasteiger partial charge in [-0.25, -0.2) is 0 Å². The van der Waals surface area contributed by atoms with Gasteiger partial charge in [0, 0.05) is 0 Å². The molecule has 0 aromatic heterocycles. The second kappa shape index (κ2) is 38.0. The summed E-state index contributed by atoms with van der Waals surface area (Å²) in [5.41, 5.74) is 0. The van der Waals surface area contributed by atoms with Crippen LogP contribution in [0.2, 0.25) is 0 Å². The van der Waals surface area contributed by atoms with Gasteiger partial charge in [0.2, 0.25) is 5.91 Å². The number of aliphatic hydroxyl groups is 4. The zero-order chi connectivity index (χ0) is 36.0. The zero-order valence-corrected chi connectivity index (χ0v) is 32.4. The molecule has 0 aliphatic carbocycles. The first-order chi connectivity index (χ1) is 24.0. The molecule has 0 bridgehead atoms. The van der Waals surface area contributed by atoms with E-state index in [1.165, 1.54) is 135 Å². The fourth-order valence-electron chi connectivity index (χ4n) is 6.55. The number of aliphatic hydroxyl groups excluding tert-OH is 4. The van der Waals surface area contributed by atoms with Crippen molar-refractivity contribution in [2.24, 2.45) is 0 Å². The molecule has 6 heteroatoms. The molecule has 0 aromatic carbocycles. The molecule has 0 aromatic rings. The largest absolute Gasteiger partial charge is 0.394 e. The minimum absolute atomic E-state index is 0.364. The van der Waals surface area contributed by atoms with Gasteiger partial charge >= 0.3 is 0 Å². The number of unbranched alkanes of at least 4 members (excludes halogenated alkanes) is 25. The van der Waals surface area contributed by atoms with Gasteiger partial charge < -0.3 is 25.7 Å². The van der Waals surface area contributed by atoms with E-state index >= 15 is 0 Å². The van der Waals surface area contributed by atoms with Crippen molar-refractivity contribution in [3.63, 3.8) is 0 Å². The zero-order valence-electron chi connectivity index (χ0n) is 32.4. The molecular formula is C43H83NO5. The van der Waals surface area contributed by atoms with Crippen molar-refractivity contribution in [3.8, 4) is 0 Å². The van der Waals surface area contributed by atoms with Crippen LogP contribution in [0.25, 0.3) is 0 Å². The van der Waals surface area contributed by atoms with Crippen molar-refractivity contribution in [2.75, 3.05) is 6.61 Å². The lowest BCUT2D eigenvalue weighted by atomic mass is 10.00. The Morgan fingerprint density at radius 2 is 0.898 bits per heavy atom. The molecule has 0 heterocycles. The number of carbonyl (C=O) groups excluding carboxylic acids is 1. The van der Waals surface area contributed by atoms with Gasteiger partial charge in [0.05, 0.1) is 18.8 Å². The van der Waals surface area contributed by atoms with E-state index in [-0.39, 0.29) is 0 Å². The van der Waals surface area contributed by atoms with Crippen LogP contribution in [0.3, 0.4) is 0 Å². The molecule has 49 heavy (non-hydrogen) atoms. The highest BCUT2D eigenvalue weighted by atomic mass is 16.3. The van der Waals surface area contributed by atoms with Crippen molar-refractivity contribution in [2.45, 2.75) is 237 Å². The summed E-state index contributed by atoms with van der Waals surface area (Å²) in [6, 6.07) is -1.00. The third kappa shape index (κ3) is 32.4. The molecule has 290 valence electrons. The third-order valence-electron chi connectivity index (χ3n) is 9.90. The summed E-state index contributed by atoms with van der Waals surface area (Å²) in [5, 5.41) is 43.4. The molecule has 6 nitrogen and oxygen atoms in total. The molecule has 0 spiro atoms. The Kier molecular flexibility index (Phi) is 37.1. The smallest absolute Gasteiger partial charge is 0.249 e. The summed E-state index contributed by atoms with van der Waals surface area (Å²) in [6.07, 6.45) is 42.4. The van der Waals surface area contributed by atoms with Crippen molar-refractivity contribution in [3.05, 3.63) is 24.3 Å². The summed E-state index contributed by atoms with van der Waals surface area (Å²) in [7, 11) is 0. The topological polar surface area (TPSA) is 110 Å². The highest BCUT2D eigenvalue weighted by Gasteiger charge is 2.28. The van der Waals surface area contributed by atoms with Crippen LogP contribution < -0.4 is 5.32 Å². The molecule has 0 rings (SSSR count). The highest BCUT2D eigenvalue weighted by Crippen LogP contribution is 2.16. The van der Waals surface area contributed by atoms with Gasteiger partial charge in [-0.15, -0.1) is 0 Å². The van der Waals surface area contributed by atoms with Gasteiger partial charge in [-0.1, -0.05) is 192 Å². The van der Waals surface area contributed by atoms with Gasteiger partial charge in [0.1, 0.15) is 12.2 Å². The van der Waals surface area contributed by atoms with Gasteiger partial charge in [-0.2, -0.15) is 0 Å². The minimum Gasteiger partial charge on any atom is -0.394 e. The first-order valence-electron chi connectivity index (χ1n) is 21.2. The number of allylic oxidation sites excluding steroid dienone is 4. The Morgan fingerprint density at radius 3 is 1.31 bits per heavy atom. The SMILES string of the molecule is CC/C=C/CC/C=C/CCCC(O)C(O)C(CO)NC(=O)C(O)CCCCCCCCCCCCCCCCCCCCCCCCCC. The summed E-state index contributed by atoms with van der Waals surface area (Å²) in [4.78, 5) is 12.4. The van der Waals surface area contributed by atoms with E-state index < -0.39 is 36.9 Å². The van der Waals surface area contributed by atoms with Crippen molar-refractivity contribution < 1.29 is 25.2 Å². The minimum atomic E-state index is -1.28. The van der Waals surface area contributed by atoms with Crippen LogP contribution in [0.5, 0.6) is 0 Å². The van der Waals surface area contributed by atoms with E-state index in [1.54, 1.807) is 0 Å². The van der Waals surface area contributed by atoms with E-state index in [1.807, 2.05) is 0 Å². The van der Waals surface area contributed by atoms with Gasteiger partial charge in [0.15, 0.2) is 0 Å². The van der Waals surface area contributed by atoms with Crippen LogP contribution >= 0.6 is 0 Å². The Balaban J connectivity index is 3.64. The first kappa shape index (κ1) is 47.8. The Bertz CT molecular complexity index is 742. The maximum absolute atomic E-state index is 12.4. The van der Waals surface area contributed by atoms with E-state index in [9.17, 15) is 25.2 Å². The normalized spacial score (nSPS) is 14.5. The van der Waals surface area contributed by atoms with E-state index in [0.29, 0.717) is 19.3 Å². The number of hydrogen-bond donors (Lipinski definition) is 5. The Morgan fingerprint density at radius 1 is 0.510 bits per heavy atom. The molecule has 4 atom stereocenters. The van der Waals surface area contributed by atoms with Crippen LogP contribution in [0.4, 0.5) is 0 Å². The molecule has 0 saturated heterocycles. The summed E-state index contributed by atoms with van der Waals surface area (Å²) >= 11 is 0. The first-order valence-corrected chi connectivity index (χ1v) is 21.2. The lowest BCUT2D eigenvalue weighted by molar-refractivity contribution is -0.132. The lowest BCUT2D eigenvalue weighted by Gasteiger charge is -2.27. The van der Waals surface area contributed by atoms with Crippen LogP contribution in [0, 0.1) is 0 Å². The molecule has 0 aliphatic heterocycles. The van der Waals surface area contributed by atoms with Crippen LogP contribution in [0.1, 0.15) is 213 Å². The van der Waals surface area contributed by atoms with Crippen LogP contribution in [-0.4, -0.2) is 57.3 Å². The maximum Gasteiger partial charge on any atom is 0.249 e. The number of rotatable bonds is 38. The number of nitrogens with one attached hydrogen (secondary N) is 1. The van der Waals surface area contributed by atoms with Gasteiger partial charge in [-0.3, -0.25) is 4.79 Å². The molecule has 0 fully saturated rings. The summed E-state index contributed by atoms with van der Waals surface area (Å²) in [5.74, 6) is -0.598. The molecule has 1 amide bonds. The molecule has 0 saturated carbocycles. The average Bonchev–Trinajstić information content (AvgIpc) is 3.11. The predicted molar refractivity (Wildman–Crippen MR) is 210 cm³/mol. The summed E-state index contributed by atoms with van der Waals surface area (Å²) in [6.45, 7) is 3.91. The van der Waals surface area contributed by atoms with Crippen LogP contribution in [-0.2, 0) is 4.79 Å². The fraction of sp³-hybridized carbons (Fsp3) is 0.884. The fourth-order valence-corrected chi connectivity index (χ4v) is 6.55. The summed E-state index contributed by atoms with van der Waals surface area (Å²) < 4.78 is 0. The van der Waals surface area contributed by atoms with E-state index in [0.717, 1.165) is 44.9 Å². The standard InChI is InChI=1S/C43H83NO5/c1-3-5-7-9-11-13-14-15-16-17-18-19-20-21-22-23-24-25-26-27-29-31-33-35-37-41(47)43(49)44-39(38-45)42(48)40(46)36-34-32-30-28-12-10-8-6-4-2/h6,8,28,30,39-42,45-48H,3-5,7,9-27,29,31-38H2,1-2H3,(H,44,49)/b8-6+,30-28+. The number of carbonyl (C=O) groups is 1. The van der Waals surface area contributed by atoms with Gasteiger partial charge in [0.25, 0.3) is 0 Å². The molecule has 4 unspecified atom stereocenters. The number of amides is 1. The monoisotopic (exact) mass is 694 g/mol. The molecule has 0 radical (unpaired) electrons. The highest BCUT2D eigenvalue weighted by molar-refractivity contribution is 5.80. The average molecular weight is 694 g/mol. The number of hydrogen-bond acceptors (Lipinski definition) is 5. The maximum atomic E-state index is 12.4. The second-order valence-corrected chi connectivity index (χ2v) is 14.7. The third-order valence-corrected chi connectivity index (χ3v) is 9.90. The quantitative estimate of drug-likeness (QED) is 0.0327. The Labute approximate surface area is 304 Å².